The number of fused-ring (bicyclic) bond motifs is 1. The lowest BCUT2D eigenvalue weighted by molar-refractivity contribution is -0.124. The van der Waals surface area contributed by atoms with Gasteiger partial charge in [-0.05, 0) is 38.1 Å². The molecular formula is C16H25Cl2N3O. The fraction of sp³-hybridized carbons (Fsp3) is 0.562. The number of halogens is 2. The van der Waals surface area contributed by atoms with Crippen LogP contribution in [0.3, 0.4) is 0 Å². The second-order valence-corrected chi connectivity index (χ2v) is 5.77. The molecule has 2 aliphatic rings. The number of likely N-dealkylation sites (N-methyl/N-ethyl adjacent to an activating group) is 1. The van der Waals surface area contributed by atoms with Crippen LogP contribution < -0.4 is 15.1 Å². The number of carbonyl (C=O) groups is 1. The molecule has 4 nitrogen and oxygen atoms in total. The maximum absolute atomic E-state index is 12.8. The Morgan fingerprint density at radius 2 is 1.86 bits per heavy atom. The van der Waals surface area contributed by atoms with Gasteiger partial charge in [0.2, 0.25) is 5.91 Å². The molecule has 2 heterocycles. The lowest BCUT2D eigenvalue weighted by atomic mass is 9.87. The summed E-state index contributed by atoms with van der Waals surface area (Å²) in [6, 6.07) is 8.26. The van der Waals surface area contributed by atoms with Crippen molar-refractivity contribution in [3.05, 3.63) is 24.3 Å². The predicted octanol–water partition coefficient (Wildman–Crippen LogP) is 2.56. The van der Waals surface area contributed by atoms with Crippen LogP contribution in [0.2, 0.25) is 0 Å². The molecule has 2 aliphatic heterocycles. The zero-order valence-electron chi connectivity index (χ0n) is 13.1. The lowest BCUT2D eigenvalue weighted by Gasteiger charge is -2.40. The second-order valence-electron chi connectivity index (χ2n) is 5.77. The van der Waals surface area contributed by atoms with E-state index in [0.717, 1.165) is 38.4 Å². The summed E-state index contributed by atoms with van der Waals surface area (Å²) in [4.78, 5) is 17.1. The molecule has 0 aromatic heterocycles. The third-order valence-electron chi connectivity index (χ3n) is 4.66. The van der Waals surface area contributed by atoms with Gasteiger partial charge in [0.05, 0.1) is 11.4 Å². The molecule has 0 aliphatic carbocycles. The maximum Gasteiger partial charge on any atom is 0.230 e. The van der Waals surface area contributed by atoms with Crippen molar-refractivity contribution in [1.82, 2.24) is 5.32 Å². The average molecular weight is 346 g/mol. The fourth-order valence-corrected chi connectivity index (χ4v) is 3.09. The Morgan fingerprint density at radius 1 is 1.23 bits per heavy atom. The van der Waals surface area contributed by atoms with E-state index in [-0.39, 0.29) is 36.6 Å². The normalized spacial score (nSPS) is 18.5. The Hall–Kier alpha value is -0.970. The first-order valence-corrected chi connectivity index (χ1v) is 7.58. The molecule has 1 amide bonds. The van der Waals surface area contributed by atoms with Crippen molar-refractivity contribution in [2.75, 3.05) is 42.5 Å². The SMILES string of the molecule is CCN1CCN(C(=O)C(C)C2CNC2)c2ccccc21.Cl.Cl. The van der Waals surface area contributed by atoms with Gasteiger partial charge >= 0.3 is 0 Å². The van der Waals surface area contributed by atoms with Crippen LogP contribution in [0.1, 0.15) is 13.8 Å². The molecule has 1 unspecified atom stereocenters. The smallest absolute Gasteiger partial charge is 0.230 e. The van der Waals surface area contributed by atoms with Gasteiger partial charge in [0.1, 0.15) is 0 Å². The summed E-state index contributed by atoms with van der Waals surface area (Å²) >= 11 is 0. The largest absolute Gasteiger partial charge is 0.368 e. The molecular weight excluding hydrogens is 321 g/mol. The van der Waals surface area contributed by atoms with Gasteiger partial charge in [-0.25, -0.2) is 0 Å². The van der Waals surface area contributed by atoms with Gasteiger partial charge in [-0.1, -0.05) is 19.1 Å². The molecule has 1 aromatic carbocycles. The van der Waals surface area contributed by atoms with E-state index in [9.17, 15) is 4.79 Å². The average Bonchev–Trinajstić information content (AvgIpc) is 2.43. The minimum Gasteiger partial charge on any atom is -0.368 e. The highest BCUT2D eigenvalue weighted by Crippen LogP contribution is 2.34. The fourth-order valence-electron chi connectivity index (χ4n) is 3.09. The van der Waals surface area contributed by atoms with E-state index < -0.39 is 0 Å². The van der Waals surface area contributed by atoms with Crippen LogP contribution in [-0.2, 0) is 4.79 Å². The molecule has 22 heavy (non-hydrogen) atoms. The minimum absolute atomic E-state index is 0. The van der Waals surface area contributed by atoms with Gasteiger partial charge in [0, 0.05) is 25.6 Å². The van der Waals surface area contributed by atoms with E-state index in [1.54, 1.807) is 0 Å². The van der Waals surface area contributed by atoms with Crippen LogP contribution in [0.25, 0.3) is 0 Å². The second kappa shape index (κ2) is 8.04. The molecule has 6 heteroatoms. The summed E-state index contributed by atoms with van der Waals surface area (Å²) in [6.45, 7) is 8.90. The number of hydrogen-bond donors (Lipinski definition) is 1. The number of nitrogens with one attached hydrogen (secondary N) is 1. The Balaban J connectivity index is 0.00000121. The van der Waals surface area contributed by atoms with Crippen LogP contribution in [0.5, 0.6) is 0 Å². The minimum atomic E-state index is 0. The molecule has 1 saturated heterocycles. The Kier molecular flexibility index (Phi) is 6.98. The summed E-state index contributed by atoms with van der Waals surface area (Å²) in [5, 5.41) is 3.26. The van der Waals surface area contributed by atoms with Crippen molar-refractivity contribution in [3.63, 3.8) is 0 Å². The van der Waals surface area contributed by atoms with Crippen LogP contribution in [0.4, 0.5) is 11.4 Å². The van der Waals surface area contributed by atoms with Gasteiger partial charge in [-0.2, -0.15) is 0 Å². The standard InChI is InChI=1S/C16H23N3O.2ClH/c1-3-18-8-9-19(15-7-5-4-6-14(15)18)16(20)12(2)13-10-17-11-13;;/h4-7,12-13,17H,3,8-11H2,1-2H3;2*1H. The maximum atomic E-state index is 12.8. The van der Waals surface area contributed by atoms with Gasteiger partial charge in [-0.15, -0.1) is 24.8 Å². The van der Waals surface area contributed by atoms with Gasteiger partial charge in [0.15, 0.2) is 0 Å². The van der Waals surface area contributed by atoms with E-state index in [2.05, 4.69) is 42.3 Å². The molecule has 0 spiro atoms. The van der Waals surface area contributed by atoms with E-state index >= 15 is 0 Å². The van der Waals surface area contributed by atoms with Gasteiger partial charge in [0.25, 0.3) is 0 Å². The number of nitrogens with zero attached hydrogens (tertiary/aromatic N) is 2. The van der Waals surface area contributed by atoms with Crippen molar-refractivity contribution < 1.29 is 4.79 Å². The highest BCUT2D eigenvalue weighted by Gasteiger charge is 2.34. The van der Waals surface area contributed by atoms with Gasteiger partial charge in [-0.3, -0.25) is 4.79 Å². The summed E-state index contributed by atoms with van der Waals surface area (Å²) in [5.74, 6) is 0.885. The number of carbonyl (C=O) groups excluding carboxylic acids is 1. The van der Waals surface area contributed by atoms with Crippen molar-refractivity contribution in [2.24, 2.45) is 11.8 Å². The van der Waals surface area contributed by atoms with Crippen molar-refractivity contribution in [2.45, 2.75) is 13.8 Å². The molecule has 124 valence electrons. The molecule has 1 N–H and O–H groups in total. The Morgan fingerprint density at radius 3 is 2.41 bits per heavy atom. The lowest BCUT2D eigenvalue weighted by Crippen LogP contribution is -2.52. The van der Waals surface area contributed by atoms with Crippen LogP contribution in [-0.4, -0.2) is 38.6 Å². The Bertz CT molecular complexity index is 508. The van der Waals surface area contributed by atoms with Crippen molar-refractivity contribution in [1.29, 1.82) is 0 Å². The summed E-state index contributed by atoms with van der Waals surface area (Å²) < 4.78 is 0. The molecule has 1 aromatic rings. The molecule has 0 saturated carbocycles. The summed E-state index contributed by atoms with van der Waals surface area (Å²) in [5.41, 5.74) is 2.26. The predicted molar refractivity (Wildman–Crippen MR) is 96.7 cm³/mol. The first-order valence-electron chi connectivity index (χ1n) is 7.58. The number of para-hydroxylation sites is 2. The number of amides is 1. The summed E-state index contributed by atoms with van der Waals surface area (Å²) in [7, 11) is 0. The van der Waals surface area contributed by atoms with E-state index in [1.165, 1.54) is 5.69 Å². The van der Waals surface area contributed by atoms with Crippen LogP contribution in [0, 0.1) is 11.8 Å². The topological polar surface area (TPSA) is 35.6 Å². The monoisotopic (exact) mass is 345 g/mol. The van der Waals surface area contributed by atoms with E-state index in [1.807, 2.05) is 11.0 Å². The van der Waals surface area contributed by atoms with Crippen LogP contribution in [0.15, 0.2) is 24.3 Å². The highest BCUT2D eigenvalue weighted by atomic mass is 35.5. The zero-order valence-corrected chi connectivity index (χ0v) is 14.8. The van der Waals surface area contributed by atoms with Gasteiger partial charge < -0.3 is 15.1 Å². The molecule has 0 bridgehead atoms. The van der Waals surface area contributed by atoms with Crippen molar-refractivity contribution in [3.8, 4) is 0 Å². The molecule has 0 radical (unpaired) electrons. The molecule has 3 rings (SSSR count). The third-order valence-corrected chi connectivity index (χ3v) is 4.66. The number of anilines is 2. The molecule has 1 fully saturated rings. The first kappa shape index (κ1) is 19.1. The zero-order chi connectivity index (χ0) is 14.1. The number of benzene rings is 1. The first-order chi connectivity index (χ1) is 9.72. The highest BCUT2D eigenvalue weighted by molar-refractivity contribution is 5.99. The van der Waals surface area contributed by atoms with E-state index in [0.29, 0.717) is 5.92 Å². The van der Waals surface area contributed by atoms with Crippen molar-refractivity contribution >= 4 is 42.1 Å². The number of rotatable bonds is 3. The summed E-state index contributed by atoms with van der Waals surface area (Å²) in [6.07, 6.45) is 0. The third kappa shape index (κ3) is 3.34. The van der Waals surface area contributed by atoms with E-state index in [4.69, 9.17) is 0 Å². The molecule has 1 atom stereocenters. The van der Waals surface area contributed by atoms with Crippen LogP contribution >= 0.6 is 24.8 Å². The Labute approximate surface area is 145 Å². The quantitative estimate of drug-likeness (QED) is 0.914. The number of hydrogen-bond acceptors (Lipinski definition) is 3.